The van der Waals surface area contributed by atoms with Crippen LogP contribution in [-0.4, -0.2) is 51.4 Å². The first-order chi connectivity index (χ1) is 14.1. The van der Waals surface area contributed by atoms with Gasteiger partial charge < -0.3 is 9.47 Å². The number of amides is 1. The average Bonchev–Trinajstić information content (AvgIpc) is 3.17. The van der Waals surface area contributed by atoms with Gasteiger partial charge in [-0.05, 0) is 30.2 Å². The second-order valence-corrected chi connectivity index (χ2v) is 7.53. The number of imidazole rings is 1. The molecule has 4 rings (SSSR count). The second-order valence-electron chi connectivity index (χ2n) is 7.53. The number of carbonyl (C=O) groups is 1. The van der Waals surface area contributed by atoms with E-state index in [9.17, 15) is 9.18 Å². The highest BCUT2D eigenvalue weighted by Gasteiger charge is 2.23. The molecule has 6 heteroatoms. The van der Waals surface area contributed by atoms with Crippen LogP contribution < -0.4 is 0 Å². The molecule has 3 aromatic rings. The van der Waals surface area contributed by atoms with Crippen molar-refractivity contribution < 1.29 is 9.18 Å². The van der Waals surface area contributed by atoms with Crippen molar-refractivity contribution in [2.24, 2.45) is 0 Å². The summed E-state index contributed by atoms with van der Waals surface area (Å²) in [5.74, 6) is -0.432. The number of hydrogen-bond acceptors (Lipinski definition) is 3. The van der Waals surface area contributed by atoms with E-state index in [2.05, 4.69) is 26.6 Å². The molecule has 1 aliphatic heterocycles. The van der Waals surface area contributed by atoms with Crippen LogP contribution in [0.25, 0.3) is 0 Å². The van der Waals surface area contributed by atoms with Crippen LogP contribution in [0.3, 0.4) is 0 Å². The molecule has 0 atom stereocenters. The number of benzene rings is 2. The predicted octanol–water partition coefficient (Wildman–Crippen LogP) is 3.34. The minimum atomic E-state index is -0.332. The minimum Gasteiger partial charge on any atom is -0.336 e. The van der Waals surface area contributed by atoms with Gasteiger partial charge in [-0.25, -0.2) is 9.37 Å². The highest BCUT2D eigenvalue weighted by molar-refractivity contribution is 5.94. The molecule has 0 saturated carbocycles. The van der Waals surface area contributed by atoms with Gasteiger partial charge in [0.05, 0.1) is 12.0 Å². The zero-order valence-electron chi connectivity index (χ0n) is 16.6. The van der Waals surface area contributed by atoms with Crippen LogP contribution in [0.15, 0.2) is 61.1 Å². The van der Waals surface area contributed by atoms with Gasteiger partial charge in [-0.1, -0.05) is 36.4 Å². The molecule has 0 bridgehead atoms. The van der Waals surface area contributed by atoms with Gasteiger partial charge in [-0.15, -0.1) is 0 Å². The molecule has 0 spiro atoms. The van der Waals surface area contributed by atoms with Crippen LogP contribution in [-0.2, 0) is 13.1 Å². The topological polar surface area (TPSA) is 41.4 Å². The number of halogens is 1. The Labute approximate surface area is 170 Å². The molecule has 5 nitrogen and oxygen atoms in total. The Bertz CT molecular complexity index is 978. The third kappa shape index (κ3) is 4.54. The lowest BCUT2D eigenvalue weighted by atomic mass is 10.1. The largest absolute Gasteiger partial charge is 0.336 e. The number of aryl methyl sites for hydroxylation is 1. The summed E-state index contributed by atoms with van der Waals surface area (Å²) >= 11 is 0. The first kappa shape index (κ1) is 19.3. The summed E-state index contributed by atoms with van der Waals surface area (Å²) in [6, 6.07) is 15.0. The number of hydrogen-bond donors (Lipinski definition) is 0. The summed E-state index contributed by atoms with van der Waals surface area (Å²) in [4.78, 5) is 21.1. The molecular weight excluding hydrogens is 367 g/mol. The predicted molar refractivity (Wildman–Crippen MR) is 110 cm³/mol. The van der Waals surface area contributed by atoms with Gasteiger partial charge in [-0.3, -0.25) is 9.69 Å². The van der Waals surface area contributed by atoms with Gasteiger partial charge in [0.15, 0.2) is 0 Å². The van der Waals surface area contributed by atoms with Crippen molar-refractivity contribution in [1.29, 1.82) is 0 Å². The summed E-state index contributed by atoms with van der Waals surface area (Å²) in [6.45, 7) is 6.15. The molecule has 2 aromatic carbocycles. The van der Waals surface area contributed by atoms with Crippen molar-refractivity contribution in [3.05, 3.63) is 89.3 Å². The molecule has 29 heavy (non-hydrogen) atoms. The second kappa shape index (κ2) is 8.57. The fourth-order valence-electron chi connectivity index (χ4n) is 3.65. The molecule has 1 fully saturated rings. The molecule has 0 N–H and O–H groups in total. The molecule has 0 radical (unpaired) electrons. The summed E-state index contributed by atoms with van der Waals surface area (Å²) in [7, 11) is 0. The smallest absolute Gasteiger partial charge is 0.254 e. The van der Waals surface area contributed by atoms with Gasteiger partial charge in [0.1, 0.15) is 5.82 Å². The normalized spacial score (nSPS) is 14.9. The first-order valence-electron chi connectivity index (χ1n) is 9.91. The Kier molecular flexibility index (Phi) is 5.71. The van der Waals surface area contributed by atoms with Crippen molar-refractivity contribution in [2.75, 3.05) is 26.2 Å². The number of aromatic nitrogens is 2. The first-order valence-corrected chi connectivity index (χ1v) is 9.91. The number of nitrogens with zero attached hydrogens (tertiary/aromatic N) is 4. The van der Waals surface area contributed by atoms with Gasteiger partial charge in [-0.2, -0.15) is 0 Å². The highest BCUT2D eigenvalue weighted by atomic mass is 19.1. The third-order valence-corrected chi connectivity index (χ3v) is 5.46. The quantitative estimate of drug-likeness (QED) is 0.669. The van der Waals surface area contributed by atoms with Crippen LogP contribution in [0.5, 0.6) is 0 Å². The molecule has 0 aliphatic carbocycles. The average molecular weight is 392 g/mol. The summed E-state index contributed by atoms with van der Waals surface area (Å²) in [5, 5.41) is 0. The third-order valence-electron chi connectivity index (χ3n) is 5.46. The molecule has 1 saturated heterocycles. The van der Waals surface area contributed by atoms with E-state index in [1.807, 2.05) is 35.6 Å². The van der Waals surface area contributed by atoms with Crippen LogP contribution in [0.4, 0.5) is 4.39 Å². The summed E-state index contributed by atoms with van der Waals surface area (Å²) in [5.41, 5.74) is 3.38. The maximum atomic E-state index is 13.8. The summed E-state index contributed by atoms with van der Waals surface area (Å²) < 4.78 is 16.0. The molecule has 2 heterocycles. The standard InChI is InChI=1S/C23H25FN4O/c1-18-7-8-20(13-22(18)24)23(29)27-11-9-26(10-12-27)16-21-14-25-17-28(21)15-19-5-3-2-4-6-19/h2-8,13-14,17H,9-12,15-16H2,1H3. The lowest BCUT2D eigenvalue weighted by molar-refractivity contribution is 0.0625. The highest BCUT2D eigenvalue weighted by Crippen LogP contribution is 2.15. The van der Waals surface area contributed by atoms with Crippen LogP contribution in [0.2, 0.25) is 0 Å². The lowest BCUT2D eigenvalue weighted by Crippen LogP contribution is -2.48. The Morgan fingerprint density at radius 3 is 2.52 bits per heavy atom. The van der Waals surface area contributed by atoms with Crippen molar-refractivity contribution in [3.8, 4) is 0 Å². The Balaban J connectivity index is 1.34. The number of rotatable bonds is 5. The zero-order chi connectivity index (χ0) is 20.2. The van der Waals surface area contributed by atoms with E-state index in [-0.39, 0.29) is 11.7 Å². The van der Waals surface area contributed by atoms with E-state index >= 15 is 0 Å². The van der Waals surface area contributed by atoms with Gasteiger partial charge in [0.25, 0.3) is 5.91 Å². The summed E-state index contributed by atoms with van der Waals surface area (Å²) in [6.07, 6.45) is 3.78. The van der Waals surface area contributed by atoms with Crippen molar-refractivity contribution >= 4 is 5.91 Å². The minimum absolute atomic E-state index is 0.0994. The van der Waals surface area contributed by atoms with E-state index in [0.717, 1.165) is 31.9 Å². The Morgan fingerprint density at radius 1 is 1.03 bits per heavy atom. The van der Waals surface area contributed by atoms with Gasteiger partial charge >= 0.3 is 0 Å². The Morgan fingerprint density at radius 2 is 1.79 bits per heavy atom. The maximum Gasteiger partial charge on any atom is 0.254 e. The Hall–Kier alpha value is -2.99. The van der Waals surface area contributed by atoms with E-state index in [4.69, 9.17) is 0 Å². The molecule has 1 aliphatic rings. The maximum absolute atomic E-state index is 13.8. The van der Waals surface area contributed by atoms with Crippen LogP contribution in [0, 0.1) is 12.7 Å². The van der Waals surface area contributed by atoms with Crippen molar-refractivity contribution in [1.82, 2.24) is 19.4 Å². The van der Waals surface area contributed by atoms with Crippen LogP contribution >= 0.6 is 0 Å². The fourth-order valence-corrected chi connectivity index (χ4v) is 3.65. The van der Waals surface area contributed by atoms with E-state index < -0.39 is 0 Å². The van der Waals surface area contributed by atoms with E-state index in [1.54, 1.807) is 19.1 Å². The van der Waals surface area contributed by atoms with Crippen molar-refractivity contribution in [3.63, 3.8) is 0 Å². The molecule has 1 amide bonds. The molecule has 150 valence electrons. The van der Waals surface area contributed by atoms with Crippen LogP contribution in [0.1, 0.15) is 27.2 Å². The van der Waals surface area contributed by atoms with Crippen molar-refractivity contribution in [2.45, 2.75) is 20.0 Å². The zero-order valence-corrected chi connectivity index (χ0v) is 16.6. The SMILES string of the molecule is Cc1ccc(C(=O)N2CCN(Cc3cncn3Cc3ccccc3)CC2)cc1F. The number of piperazine rings is 1. The fraction of sp³-hybridized carbons (Fsp3) is 0.304. The molecular formula is C23H25FN4O. The monoisotopic (exact) mass is 392 g/mol. The van der Waals surface area contributed by atoms with Gasteiger partial charge in [0, 0.05) is 51.0 Å². The molecule has 0 unspecified atom stereocenters. The van der Waals surface area contributed by atoms with E-state index in [1.165, 1.54) is 11.6 Å². The van der Waals surface area contributed by atoms with Gasteiger partial charge in [0.2, 0.25) is 0 Å². The lowest BCUT2D eigenvalue weighted by Gasteiger charge is -2.34. The van der Waals surface area contributed by atoms with E-state index in [0.29, 0.717) is 24.2 Å². The molecule has 1 aromatic heterocycles. The number of carbonyl (C=O) groups excluding carboxylic acids is 1.